The van der Waals surface area contributed by atoms with Crippen molar-refractivity contribution in [3.05, 3.63) is 40.9 Å². The molecule has 5 N–H and O–H groups in total. The van der Waals surface area contributed by atoms with Gasteiger partial charge in [-0.2, -0.15) is 4.37 Å². The van der Waals surface area contributed by atoms with Gasteiger partial charge in [-0.15, -0.1) is 0 Å². The molecule has 1 aliphatic heterocycles. The molecule has 2 atom stereocenters. The molecule has 0 spiro atoms. The van der Waals surface area contributed by atoms with Crippen molar-refractivity contribution in [1.82, 2.24) is 9.69 Å². The minimum atomic E-state index is -0.829. The lowest BCUT2D eigenvalue weighted by atomic mass is 10.1. The number of carbonyl (C=O) groups is 3. The van der Waals surface area contributed by atoms with E-state index >= 15 is 0 Å². The number of amides is 3. The van der Waals surface area contributed by atoms with Gasteiger partial charge in [-0.25, -0.2) is 0 Å². The Labute approximate surface area is 172 Å². The van der Waals surface area contributed by atoms with Gasteiger partial charge in [-0.3, -0.25) is 19.3 Å². The number of nitrogen functional groups attached to an aromatic ring is 1. The van der Waals surface area contributed by atoms with E-state index in [1.165, 1.54) is 4.90 Å². The molecule has 0 unspecified atom stereocenters. The summed E-state index contributed by atoms with van der Waals surface area (Å²) in [5, 5.41) is 2.84. The largest absolute Gasteiger partial charge is 0.395 e. The van der Waals surface area contributed by atoms with Crippen LogP contribution in [0.1, 0.15) is 39.9 Å². The van der Waals surface area contributed by atoms with Crippen molar-refractivity contribution in [2.75, 3.05) is 23.8 Å². The average molecular weight is 417 g/mol. The molecular weight excluding hydrogens is 394 g/mol. The highest BCUT2D eigenvalue weighted by Gasteiger charge is 2.32. The molecule has 10 heteroatoms. The maximum absolute atomic E-state index is 13.3. The van der Waals surface area contributed by atoms with Crippen LogP contribution in [-0.2, 0) is 9.53 Å². The van der Waals surface area contributed by atoms with Crippen LogP contribution in [0.3, 0.4) is 0 Å². The first-order chi connectivity index (χ1) is 13.9. The van der Waals surface area contributed by atoms with Crippen LogP contribution in [0.15, 0.2) is 30.3 Å². The minimum Gasteiger partial charge on any atom is -0.395 e. The summed E-state index contributed by atoms with van der Waals surface area (Å²) in [5.74, 6) is -1.67. The van der Waals surface area contributed by atoms with Crippen LogP contribution in [0.2, 0.25) is 0 Å². The van der Waals surface area contributed by atoms with E-state index in [2.05, 4.69) is 9.69 Å². The van der Waals surface area contributed by atoms with Crippen molar-refractivity contribution >= 4 is 40.6 Å². The van der Waals surface area contributed by atoms with Crippen LogP contribution < -0.4 is 21.7 Å². The van der Waals surface area contributed by atoms with Crippen molar-refractivity contribution in [1.29, 1.82) is 0 Å². The predicted octanol–water partition coefficient (Wildman–Crippen LogP) is 1.15. The Hall–Kier alpha value is -2.98. The molecule has 1 saturated heterocycles. The Morgan fingerprint density at radius 2 is 2.07 bits per heavy atom. The first-order valence-electron chi connectivity index (χ1n) is 9.23. The number of rotatable bonds is 7. The summed E-state index contributed by atoms with van der Waals surface area (Å²) in [6.45, 7) is 2.70. The molecule has 2 aromatic rings. The van der Waals surface area contributed by atoms with Gasteiger partial charge in [0.15, 0.2) is 5.69 Å². The zero-order chi connectivity index (χ0) is 21.0. The molecule has 1 fully saturated rings. The van der Waals surface area contributed by atoms with Crippen molar-refractivity contribution in [2.45, 2.75) is 31.9 Å². The van der Waals surface area contributed by atoms with Crippen LogP contribution >= 0.6 is 11.5 Å². The molecule has 2 heterocycles. The Balaban J connectivity index is 1.85. The third-order valence-electron chi connectivity index (χ3n) is 4.70. The molecule has 29 heavy (non-hydrogen) atoms. The maximum atomic E-state index is 13.3. The molecule has 0 radical (unpaired) electrons. The lowest BCUT2D eigenvalue weighted by Crippen LogP contribution is -2.49. The molecule has 0 bridgehead atoms. The number of primary amides is 1. The number of para-hydroxylation sites is 1. The summed E-state index contributed by atoms with van der Waals surface area (Å²) in [5.41, 5.74) is 11.5. The molecule has 9 nitrogen and oxygen atoms in total. The molecule has 0 aliphatic carbocycles. The maximum Gasteiger partial charge on any atom is 0.272 e. The average Bonchev–Trinajstić information content (AvgIpc) is 3.36. The summed E-state index contributed by atoms with van der Waals surface area (Å²) in [4.78, 5) is 38.9. The smallest absolute Gasteiger partial charge is 0.272 e. The summed E-state index contributed by atoms with van der Waals surface area (Å²) in [7, 11) is 0. The number of benzene rings is 1. The molecule has 3 rings (SSSR count). The fourth-order valence-electron chi connectivity index (χ4n) is 3.13. The molecule has 154 valence electrons. The number of aromatic nitrogens is 1. The number of carbonyl (C=O) groups excluding carboxylic acids is 3. The fraction of sp³-hybridized carbons (Fsp3) is 0.368. The van der Waals surface area contributed by atoms with Crippen molar-refractivity contribution < 1.29 is 19.1 Å². The standard InChI is InChI=1S/C19H23N5O4S/c1-11(18(26)22-10-13-8-5-9-28-13)24(12-6-3-2-4-7-12)19(27)16-14(20)15(17(21)25)23-29-16/h2-4,6-7,11,13H,5,8-10,20H2,1H3,(H2,21,25)(H,22,26)/t11-,13-/m1/s1. The summed E-state index contributed by atoms with van der Waals surface area (Å²) in [6, 6.07) is 7.93. The first kappa shape index (κ1) is 20.7. The summed E-state index contributed by atoms with van der Waals surface area (Å²) in [6.07, 6.45) is 1.85. The predicted molar refractivity (Wildman–Crippen MR) is 110 cm³/mol. The van der Waals surface area contributed by atoms with Crippen LogP contribution in [0, 0.1) is 0 Å². The minimum absolute atomic E-state index is 0.0118. The number of hydrogen-bond acceptors (Lipinski definition) is 7. The SMILES string of the molecule is C[C@H](C(=O)NC[C@H]1CCCO1)N(C(=O)c1snc(C(N)=O)c1N)c1ccccc1. The summed E-state index contributed by atoms with van der Waals surface area (Å²) < 4.78 is 9.41. The molecule has 1 aromatic carbocycles. The van der Waals surface area contributed by atoms with Gasteiger partial charge < -0.3 is 21.5 Å². The molecule has 0 saturated carbocycles. The van der Waals surface area contributed by atoms with Gasteiger partial charge in [0.2, 0.25) is 5.91 Å². The highest BCUT2D eigenvalue weighted by Crippen LogP contribution is 2.27. The first-order valence-corrected chi connectivity index (χ1v) is 10.00. The quantitative estimate of drug-likeness (QED) is 0.617. The number of nitrogens with one attached hydrogen (secondary N) is 1. The third-order valence-corrected chi connectivity index (χ3v) is 5.55. The van der Waals surface area contributed by atoms with Gasteiger partial charge in [-0.1, -0.05) is 18.2 Å². The fourth-order valence-corrected chi connectivity index (χ4v) is 3.87. The van der Waals surface area contributed by atoms with Crippen LogP contribution in [0.4, 0.5) is 11.4 Å². The van der Waals surface area contributed by atoms with Gasteiger partial charge in [0.25, 0.3) is 11.8 Å². The number of nitrogens with zero attached hydrogens (tertiary/aromatic N) is 2. The number of anilines is 2. The van der Waals surface area contributed by atoms with E-state index in [0.717, 1.165) is 24.4 Å². The lowest BCUT2D eigenvalue weighted by molar-refractivity contribution is -0.122. The van der Waals surface area contributed by atoms with Gasteiger partial charge in [0, 0.05) is 18.8 Å². The lowest BCUT2D eigenvalue weighted by Gasteiger charge is -2.28. The van der Waals surface area contributed by atoms with Crippen molar-refractivity contribution in [3.63, 3.8) is 0 Å². The Morgan fingerprint density at radius 1 is 1.34 bits per heavy atom. The molecule has 1 aromatic heterocycles. The normalized spacial score (nSPS) is 16.9. The van der Waals surface area contributed by atoms with E-state index in [0.29, 0.717) is 18.8 Å². The molecular formula is C19H23N5O4S. The van der Waals surface area contributed by atoms with E-state index in [4.69, 9.17) is 16.2 Å². The second-order valence-electron chi connectivity index (χ2n) is 6.71. The number of hydrogen-bond donors (Lipinski definition) is 3. The zero-order valence-electron chi connectivity index (χ0n) is 16.0. The van der Waals surface area contributed by atoms with Gasteiger partial charge >= 0.3 is 0 Å². The van der Waals surface area contributed by atoms with E-state index in [1.54, 1.807) is 37.3 Å². The van der Waals surface area contributed by atoms with Crippen LogP contribution in [0.25, 0.3) is 0 Å². The van der Waals surface area contributed by atoms with E-state index < -0.39 is 17.9 Å². The topological polar surface area (TPSA) is 141 Å². The molecule has 3 amide bonds. The Bertz CT molecular complexity index is 895. The highest BCUT2D eigenvalue weighted by atomic mass is 32.1. The summed E-state index contributed by atoms with van der Waals surface area (Å²) >= 11 is 0.780. The van der Waals surface area contributed by atoms with E-state index in [-0.39, 0.29) is 28.3 Å². The zero-order valence-corrected chi connectivity index (χ0v) is 16.8. The monoisotopic (exact) mass is 417 g/mol. The Morgan fingerprint density at radius 3 is 2.66 bits per heavy atom. The van der Waals surface area contributed by atoms with Crippen LogP contribution in [-0.4, -0.2) is 47.4 Å². The van der Waals surface area contributed by atoms with Gasteiger partial charge in [0.1, 0.15) is 10.9 Å². The second kappa shape index (κ2) is 9.01. The van der Waals surface area contributed by atoms with E-state index in [9.17, 15) is 14.4 Å². The van der Waals surface area contributed by atoms with Crippen molar-refractivity contribution in [2.24, 2.45) is 5.73 Å². The molecule has 1 aliphatic rings. The highest BCUT2D eigenvalue weighted by molar-refractivity contribution is 7.09. The number of ether oxygens (including phenoxy) is 1. The van der Waals surface area contributed by atoms with Gasteiger partial charge in [0.05, 0.1) is 11.8 Å². The van der Waals surface area contributed by atoms with Crippen LogP contribution in [0.5, 0.6) is 0 Å². The third kappa shape index (κ3) is 4.54. The van der Waals surface area contributed by atoms with Crippen molar-refractivity contribution in [3.8, 4) is 0 Å². The number of nitrogens with two attached hydrogens (primary N) is 2. The van der Waals surface area contributed by atoms with Gasteiger partial charge in [-0.05, 0) is 43.4 Å². The van der Waals surface area contributed by atoms with E-state index in [1.807, 2.05) is 0 Å². The second-order valence-corrected chi connectivity index (χ2v) is 7.48. The Kier molecular flexibility index (Phi) is 6.45.